The topological polar surface area (TPSA) is 316 Å². The van der Waals surface area contributed by atoms with Crippen LogP contribution in [0.3, 0.4) is 0 Å². The van der Waals surface area contributed by atoms with Gasteiger partial charge < -0.3 is 9.52 Å². The zero-order valence-corrected chi connectivity index (χ0v) is 28.6. The van der Waals surface area contributed by atoms with Gasteiger partial charge in [0.05, 0.1) is 48.4 Å². The molecular weight excluding hydrogens is 773 g/mol. The van der Waals surface area contributed by atoms with Crippen LogP contribution < -0.4 is 10.1 Å². The van der Waals surface area contributed by atoms with Crippen molar-refractivity contribution in [2.75, 3.05) is 4.72 Å². The molecule has 0 saturated heterocycles. The molecule has 0 amide bonds. The minimum absolute atomic E-state index is 0.132. The van der Waals surface area contributed by atoms with Gasteiger partial charge in [-0.1, -0.05) is 18.2 Å². The van der Waals surface area contributed by atoms with Crippen molar-refractivity contribution in [3.63, 3.8) is 0 Å². The molecule has 55 heavy (non-hydrogen) atoms. The fourth-order valence-electron chi connectivity index (χ4n) is 5.54. The molecule has 0 spiro atoms. The van der Waals surface area contributed by atoms with E-state index in [1.165, 1.54) is 48.5 Å². The third-order valence-electron chi connectivity index (χ3n) is 7.88. The summed E-state index contributed by atoms with van der Waals surface area (Å²) in [5.41, 5.74) is -3.66. The van der Waals surface area contributed by atoms with Crippen LogP contribution in [0.2, 0.25) is 0 Å². The SMILES string of the molecule is O=C(O)c1ccccc1-c1c2cc/c(=N\S(=O)(=O)c3ccc([N+](=O)[O-])cc3[N+](=O)[O-])cc-2oc2cc(NS(=O)(=O)c3ccc([N+](=O)[O-])cc3[N+](=O)[O-])ccc12. The Morgan fingerprint density at radius 1 is 0.673 bits per heavy atom. The van der Waals surface area contributed by atoms with Crippen molar-refractivity contribution in [3.05, 3.63) is 148 Å². The van der Waals surface area contributed by atoms with E-state index in [4.69, 9.17) is 4.42 Å². The van der Waals surface area contributed by atoms with Crippen molar-refractivity contribution in [3.8, 4) is 22.5 Å². The molecule has 2 aliphatic rings. The number of carboxylic acid groups (broad SMARTS) is 1. The molecule has 4 aromatic rings. The monoisotopic (exact) mass is 790 g/mol. The predicted octanol–water partition coefficient (Wildman–Crippen LogP) is 5.63. The number of aromatic carboxylic acids is 1. The van der Waals surface area contributed by atoms with Crippen LogP contribution >= 0.6 is 0 Å². The number of nitrogens with one attached hydrogen (secondary N) is 1. The highest BCUT2D eigenvalue weighted by Crippen LogP contribution is 2.42. The van der Waals surface area contributed by atoms with E-state index < -0.39 is 78.2 Å². The van der Waals surface area contributed by atoms with Gasteiger partial charge in [0.15, 0.2) is 9.79 Å². The van der Waals surface area contributed by atoms with E-state index in [2.05, 4.69) is 9.12 Å². The molecule has 0 fully saturated rings. The molecule has 278 valence electrons. The average molecular weight is 791 g/mol. The molecule has 0 atom stereocenters. The molecule has 1 aliphatic carbocycles. The van der Waals surface area contributed by atoms with Crippen molar-refractivity contribution in [2.24, 2.45) is 4.40 Å². The van der Waals surface area contributed by atoms with Gasteiger partial charge in [-0.25, -0.2) is 13.2 Å². The zero-order chi connectivity index (χ0) is 40.0. The van der Waals surface area contributed by atoms with Gasteiger partial charge in [-0.15, -0.1) is 0 Å². The number of non-ortho nitro benzene ring substituents is 2. The van der Waals surface area contributed by atoms with Crippen LogP contribution in [0.5, 0.6) is 0 Å². The summed E-state index contributed by atoms with van der Waals surface area (Å²) in [6.07, 6.45) is 0. The number of sulfonamides is 2. The molecule has 0 bridgehead atoms. The van der Waals surface area contributed by atoms with Crippen LogP contribution in [-0.4, -0.2) is 47.6 Å². The number of fused-ring (bicyclic) bond motifs is 2. The van der Waals surface area contributed by atoms with E-state index in [0.717, 1.165) is 24.3 Å². The van der Waals surface area contributed by atoms with Crippen LogP contribution in [0.1, 0.15) is 10.4 Å². The highest BCUT2D eigenvalue weighted by atomic mass is 32.2. The summed E-state index contributed by atoms with van der Waals surface area (Å²) in [7, 11) is -9.71. The highest BCUT2D eigenvalue weighted by molar-refractivity contribution is 7.93. The third kappa shape index (κ3) is 7.09. The number of hydrogen-bond donors (Lipinski definition) is 2. The number of rotatable bonds is 11. The van der Waals surface area contributed by atoms with E-state index in [0.29, 0.717) is 24.3 Å². The second kappa shape index (κ2) is 13.7. The second-order valence-corrected chi connectivity index (χ2v) is 14.4. The Hall–Kier alpha value is -7.66. The molecule has 4 aromatic carbocycles. The lowest BCUT2D eigenvalue weighted by Gasteiger charge is -2.17. The number of nitro benzene ring substituents is 4. The molecular formula is C32H18N6O15S2. The highest BCUT2D eigenvalue weighted by Gasteiger charge is 2.31. The normalized spacial score (nSPS) is 12.0. The summed E-state index contributed by atoms with van der Waals surface area (Å²) >= 11 is 0. The maximum Gasteiger partial charge on any atom is 0.336 e. The summed E-state index contributed by atoms with van der Waals surface area (Å²) in [5.74, 6) is -1.47. The quantitative estimate of drug-likeness (QED) is 0.0913. The lowest BCUT2D eigenvalue weighted by atomic mass is 9.91. The van der Waals surface area contributed by atoms with E-state index in [9.17, 15) is 67.2 Å². The maximum atomic E-state index is 13.4. The lowest BCUT2D eigenvalue weighted by Crippen LogP contribution is -2.15. The van der Waals surface area contributed by atoms with Crippen molar-refractivity contribution < 1.29 is 50.8 Å². The predicted molar refractivity (Wildman–Crippen MR) is 188 cm³/mol. The zero-order valence-electron chi connectivity index (χ0n) is 27.0. The van der Waals surface area contributed by atoms with Gasteiger partial charge in [0.2, 0.25) is 0 Å². The van der Waals surface area contributed by atoms with Gasteiger partial charge in [0.25, 0.3) is 42.8 Å². The smallest absolute Gasteiger partial charge is 0.336 e. The van der Waals surface area contributed by atoms with E-state index in [1.807, 2.05) is 0 Å². The van der Waals surface area contributed by atoms with Crippen molar-refractivity contribution in [2.45, 2.75) is 9.79 Å². The fourth-order valence-corrected chi connectivity index (χ4v) is 7.87. The van der Waals surface area contributed by atoms with E-state index in [1.54, 1.807) is 0 Å². The van der Waals surface area contributed by atoms with Gasteiger partial charge in [0.1, 0.15) is 11.3 Å². The molecule has 23 heteroatoms. The number of nitrogens with zero attached hydrogens (tertiary/aromatic N) is 5. The van der Waals surface area contributed by atoms with Crippen molar-refractivity contribution >= 4 is 65.4 Å². The van der Waals surface area contributed by atoms with Gasteiger partial charge in [-0.3, -0.25) is 45.2 Å². The van der Waals surface area contributed by atoms with Gasteiger partial charge in [-0.05, 0) is 48.0 Å². The Bertz CT molecular complexity index is 2950. The minimum atomic E-state index is -4.91. The molecule has 0 unspecified atom stereocenters. The molecule has 1 aliphatic heterocycles. The summed E-state index contributed by atoms with van der Waals surface area (Å²) in [5, 5.41) is 55.4. The van der Waals surface area contributed by atoms with Crippen LogP contribution in [0, 0.1) is 40.5 Å². The standard InChI is InChI=1S/C32H18N6O15S2/c39-32(40)22-4-2-1-3-21(22)31-23-9-5-17(33-54(49,50)29-11-7-19(35(41)42)15-25(29)37(45)46)13-27(23)53-28-14-18(6-10-24(28)31)34-55(51,52)30-12-8-20(36(43)44)16-26(30)38(47)48/h1-16,33H,(H,39,40)/b34-18+. The van der Waals surface area contributed by atoms with Gasteiger partial charge in [-0.2, -0.15) is 12.8 Å². The van der Waals surface area contributed by atoms with Crippen LogP contribution in [-0.2, 0) is 20.0 Å². The lowest BCUT2D eigenvalue weighted by molar-refractivity contribution is -0.396. The van der Waals surface area contributed by atoms with Gasteiger partial charge in [0, 0.05) is 40.8 Å². The summed E-state index contributed by atoms with van der Waals surface area (Å²) in [6.45, 7) is 0. The molecule has 0 saturated carbocycles. The van der Waals surface area contributed by atoms with Crippen molar-refractivity contribution in [1.29, 1.82) is 0 Å². The number of nitro groups is 4. The summed E-state index contributed by atoms with van der Waals surface area (Å²) in [4.78, 5) is 51.9. The molecule has 21 nitrogen and oxygen atoms in total. The molecule has 2 N–H and O–H groups in total. The number of benzene rings is 5. The number of carbonyl (C=O) groups is 1. The Kier molecular flexibility index (Phi) is 9.25. The first-order valence-corrected chi connectivity index (χ1v) is 17.8. The van der Waals surface area contributed by atoms with Gasteiger partial charge >= 0.3 is 5.97 Å². The van der Waals surface area contributed by atoms with Crippen LogP contribution in [0.15, 0.2) is 116 Å². The third-order valence-corrected chi connectivity index (χ3v) is 10.7. The fraction of sp³-hybridized carbons (Fsp3) is 0. The van der Waals surface area contributed by atoms with E-state index >= 15 is 0 Å². The number of hydrogen-bond acceptors (Lipinski definition) is 14. The average Bonchev–Trinajstić information content (AvgIpc) is 3.12. The second-order valence-electron chi connectivity index (χ2n) is 11.2. The maximum absolute atomic E-state index is 13.4. The first-order valence-electron chi connectivity index (χ1n) is 14.9. The molecule has 0 radical (unpaired) electrons. The first-order chi connectivity index (χ1) is 25.9. The van der Waals surface area contributed by atoms with Crippen LogP contribution in [0.25, 0.3) is 33.4 Å². The summed E-state index contributed by atoms with van der Waals surface area (Å²) in [6, 6.07) is 16.9. The molecule has 0 aromatic heterocycles. The minimum Gasteiger partial charge on any atom is -0.478 e. The Balaban J connectivity index is 1.56. The van der Waals surface area contributed by atoms with Crippen molar-refractivity contribution in [1.82, 2.24) is 0 Å². The molecule has 6 rings (SSSR count). The number of anilines is 1. The summed E-state index contributed by atoms with van der Waals surface area (Å²) < 4.78 is 65.1. The Morgan fingerprint density at radius 3 is 1.87 bits per heavy atom. The largest absolute Gasteiger partial charge is 0.478 e. The molecule has 1 heterocycles. The first kappa shape index (κ1) is 37.1. The number of carboxylic acids is 1. The Morgan fingerprint density at radius 2 is 1.27 bits per heavy atom. The van der Waals surface area contributed by atoms with E-state index in [-0.39, 0.29) is 50.0 Å². The Labute approximate surface area is 305 Å². The van der Waals surface area contributed by atoms with Crippen LogP contribution in [0.4, 0.5) is 28.4 Å².